The average molecular weight is 226 g/mol. The number of hydrogen-bond acceptors (Lipinski definition) is 4. The van der Waals surface area contributed by atoms with Crippen molar-refractivity contribution >= 4 is 16.9 Å². The van der Waals surface area contributed by atoms with E-state index in [0.717, 1.165) is 16.9 Å². The minimum atomic E-state index is 0.135. The number of nitriles is 1. The van der Waals surface area contributed by atoms with Crippen LogP contribution >= 0.6 is 0 Å². The van der Waals surface area contributed by atoms with Crippen molar-refractivity contribution < 1.29 is 0 Å². The molecule has 2 rings (SSSR count). The number of nitrogens with zero attached hydrogens (tertiary/aromatic N) is 4. The Bertz CT molecular complexity index is 559. The summed E-state index contributed by atoms with van der Waals surface area (Å²) in [6.07, 6.45) is 2.22. The Hall–Kier alpha value is -2.15. The maximum absolute atomic E-state index is 8.69. The molecule has 86 valence electrons. The molecule has 1 aromatic heterocycles. The van der Waals surface area contributed by atoms with Gasteiger partial charge in [-0.15, -0.1) is 0 Å². The average Bonchev–Trinajstić information content (AvgIpc) is 2.37. The van der Waals surface area contributed by atoms with Gasteiger partial charge in [-0.3, -0.25) is 4.98 Å². The molecule has 1 atom stereocenters. The zero-order chi connectivity index (χ0) is 12.3. The Kier molecular flexibility index (Phi) is 3.20. The highest BCUT2D eigenvalue weighted by atomic mass is 15.2. The molecule has 4 heteroatoms. The predicted molar refractivity (Wildman–Crippen MR) is 67.6 cm³/mol. The van der Waals surface area contributed by atoms with E-state index >= 15 is 0 Å². The normalized spacial score (nSPS) is 12.1. The fourth-order valence-corrected chi connectivity index (χ4v) is 1.61. The highest BCUT2D eigenvalue weighted by Gasteiger charge is 2.11. The molecule has 0 amide bonds. The summed E-state index contributed by atoms with van der Waals surface area (Å²) in [7, 11) is 1.93. The summed E-state index contributed by atoms with van der Waals surface area (Å²) in [5, 5.41) is 8.69. The largest absolute Gasteiger partial charge is 0.355 e. The van der Waals surface area contributed by atoms with Crippen LogP contribution in [0.1, 0.15) is 13.3 Å². The third kappa shape index (κ3) is 2.34. The molecule has 4 nitrogen and oxygen atoms in total. The minimum Gasteiger partial charge on any atom is -0.355 e. The molecule has 1 heterocycles. The van der Waals surface area contributed by atoms with Crippen molar-refractivity contribution in [3.05, 3.63) is 30.5 Å². The van der Waals surface area contributed by atoms with Crippen LogP contribution in [-0.2, 0) is 0 Å². The van der Waals surface area contributed by atoms with E-state index in [1.54, 1.807) is 6.20 Å². The van der Waals surface area contributed by atoms with Crippen LogP contribution in [0.25, 0.3) is 11.0 Å². The van der Waals surface area contributed by atoms with Gasteiger partial charge in [-0.2, -0.15) is 5.26 Å². The zero-order valence-electron chi connectivity index (χ0n) is 9.96. The maximum atomic E-state index is 8.69. The first-order valence-electron chi connectivity index (χ1n) is 5.54. The van der Waals surface area contributed by atoms with E-state index in [0.29, 0.717) is 6.42 Å². The summed E-state index contributed by atoms with van der Waals surface area (Å²) in [5.41, 5.74) is 1.76. The molecule has 0 saturated heterocycles. The number of hydrogen-bond donors (Lipinski definition) is 0. The molecular weight excluding hydrogens is 212 g/mol. The van der Waals surface area contributed by atoms with Crippen LogP contribution in [0.4, 0.5) is 5.82 Å². The molecule has 0 spiro atoms. The first kappa shape index (κ1) is 11.3. The van der Waals surface area contributed by atoms with Crippen molar-refractivity contribution in [3.8, 4) is 6.07 Å². The Morgan fingerprint density at radius 3 is 2.76 bits per heavy atom. The fourth-order valence-electron chi connectivity index (χ4n) is 1.61. The van der Waals surface area contributed by atoms with Gasteiger partial charge < -0.3 is 4.90 Å². The third-order valence-electron chi connectivity index (χ3n) is 2.85. The van der Waals surface area contributed by atoms with E-state index in [9.17, 15) is 0 Å². The molecule has 2 aromatic rings. The van der Waals surface area contributed by atoms with Gasteiger partial charge in [0.05, 0.1) is 29.7 Å². The van der Waals surface area contributed by atoms with Gasteiger partial charge in [0.1, 0.15) is 5.82 Å². The smallest absolute Gasteiger partial charge is 0.147 e. The molecule has 0 fully saturated rings. The lowest BCUT2D eigenvalue weighted by molar-refractivity contribution is 0.694. The molecule has 1 aromatic carbocycles. The topological polar surface area (TPSA) is 52.8 Å². The second-order valence-electron chi connectivity index (χ2n) is 4.04. The Morgan fingerprint density at radius 1 is 1.35 bits per heavy atom. The van der Waals surface area contributed by atoms with Crippen molar-refractivity contribution in [2.45, 2.75) is 19.4 Å². The van der Waals surface area contributed by atoms with Gasteiger partial charge in [-0.05, 0) is 19.1 Å². The lowest BCUT2D eigenvalue weighted by Crippen LogP contribution is -2.29. The fraction of sp³-hybridized carbons (Fsp3) is 0.308. The van der Waals surface area contributed by atoms with Crippen LogP contribution in [-0.4, -0.2) is 23.1 Å². The Labute approximate surface area is 101 Å². The molecule has 1 unspecified atom stereocenters. The second-order valence-corrected chi connectivity index (χ2v) is 4.04. The zero-order valence-corrected chi connectivity index (χ0v) is 9.96. The molecule has 0 bridgehead atoms. The number of fused-ring (bicyclic) bond motifs is 1. The molecule has 0 aliphatic heterocycles. The van der Waals surface area contributed by atoms with Gasteiger partial charge in [-0.1, -0.05) is 12.1 Å². The van der Waals surface area contributed by atoms with Crippen molar-refractivity contribution in [3.63, 3.8) is 0 Å². The Balaban J connectivity index is 2.33. The van der Waals surface area contributed by atoms with Crippen molar-refractivity contribution in [2.24, 2.45) is 0 Å². The third-order valence-corrected chi connectivity index (χ3v) is 2.85. The standard InChI is InChI=1S/C13H14N4/c1-10(7-8-14)17(2)13-9-15-11-5-3-4-6-12(11)16-13/h3-6,9-10H,7H2,1-2H3. The highest BCUT2D eigenvalue weighted by molar-refractivity contribution is 5.75. The quantitative estimate of drug-likeness (QED) is 0.806. The van der Waals surface area contributed by atoms with Crippen LogP contribution in [0, 0.1) is 11.3 Å². The summed E-state index contributed by atoms with van der Waals surface area (Å²) >= 11 is 0. The van der Waals surface area contributed by atoms with Crippen molar-refractivity contribution in [1.29, 1.82) is 5.26 Å². The summed E-state index contributed by atoms with van der Waals surface area (Å²) in [6, 6.07) is 10.1. The minimum absolute atomic E-state index is 0.135. The number of para-hydroxylation sites is 2. The lowest BCUT2D eigenvalue weighted by Gasteiger charge is -2.23. The van der Waals surface area contributed by atoms with E-state index in [1.807, 2.05) is 43.1 Å². The van der Waals surface area contributed by atoms with Crippen LogP contribution in [0.5, 0.6) is 0 Å². The number of rotatable bonds is 3. The maximum Gasteiger partial charge on any atom is 0.147 e. The van der Waals surface area contributed by atoms with E-state index < -0.39 is 0 Å². The molecule has 0 aliphatic carbocycles. The van der Waals surface area contributed by atoms with Gasteiger partial charge in [0.2, 0.25) is 0 Å². The van der Waals surface area contributed by atoms with Crippen LogP contribution in [0.3, 0.4) is 0 Å². The van der Waals surface area contributed by atoms with Crippen LogP contribution < -0.4 is 4.90 Å². The van der Waals surface area contributed by atoms with Crippen LogP contribution in [0.2, 0.25) is 0 Å². The highest BCUT2D eigenvalue weighted by Crippen LogP contribution is 2.16. The van der Waals surface area contributed by atoms with E-state index in [4.69, 9.17) is 5.26 Å². The van der Waals surface area contributed by atoms with Gasteiger partial charge in [-0.25, -0.2) is 4.98 Å². The Morgan fingerprint density at radius 2 is 2.06 bits per heavy atom. The summed E-state index contributed by atoms with van der Waals surface area (Å²) in [6.45, 7) is 2.00. The first-order valence-corrected chi connectivity index (χ1v) is 5.54. The second kappa shape index (κ2) is 4.79. The summed E-state index contributed by atoms with van der Waals surface area (Å²) in [5.74, 6) is 0.798. The SMILES string of the molecule is CC(CC#N)N(C)c1cnc2ccccc2n1. The number of aromatic nitrogens is 2. The number of anilines is 1. The number of benzene rings is 1. The first-order chi connectivity index (χ1) is 8.22. The summed E-state index contributed by atoms with van der Waals surface area (Å²) < 4.78 is 0. The van der Waals surface area contributed by atoms with Crippen molar-refractivity contribution in [2.75, 3.05) is 11.9 Å². The monoisotopic (exact) mass is 226 g/mol. The molecule has 17 heavy (non-hydrogen) atoms. The predicted octanol–water partition coefficient (Wildman–Crippen LogP) is 2.37. The lowest BCUT2D eigenvalue weighted by atomic mass is 10.2. The molecule has 0 aliphatic rings. The molecule has 0 N–H and O–H groups in total. The van der Waals surface area contributed by atoms with Gasteiger partial charge >= 0.3 is 0 Å². The van der Waals surface area contributed by atoms with Gasteiger partial charge in [0.25, 0.3) is 0 Å². The molecular formula is C13H14N4. The summed E-state index contributed by atoms with van der Waals surface area (Å²) in [4.78, 5) is 10.9. The van der Waals surface area contributed by atoms with Crippen molar-refractivity contribution in [1.82, 2.24) is 9.97 Å². The van der Waals surface area contributed by atoms with Crippen LogP contribution in [0.15, 0.2) is 30.5 Å². The van der Waals surface area contributed by atoms with E-state index in [-0.39, 0.29) is 6.04 Å². The van der Waals surface area contributed by atoms with Gasteiger partial charge in [0.15, 0.2) is 0 Å². The van der Waals surface area contributed by atoms with E-state index in [1.165, 1.54) is 0 Å². The molecule has 0 radical (unpaired) electrons. The van der Waals surface area contributed by atoms with Gasteiger partial charge in [0, 0.05) is 13.1 Å². The molecule has 0 saturated carbocycles. The van der Waals surface area contributed by atoms with E-state index in [2.05, 4.69) is 16.0 Å².